The molecule has 0 spiro atoms. The van der Waals surface area contributed by atoms with E-state index >= 15 is 0 Å². The lowest BCUT2D eigenvalue weighted by Crippen LogP contribution is -2.03. The summed E-state index contributed by atoms with van der Waals surface area (Å²) >= 11 is 0. The Kier molecular flexibility index (Phi) is 4.26. The molecule has 60 valence electrons. The van der Waals surface area contributed by atoms with Crippen LogP contribution in [-0.2, 0) is 0 Å². The first-order valence-corrected chi connectivity index (χ1v) is 4.13. The van der Waals surface area contributed by atoms with Crippen molar-refractivity contribution in [2.75, 3.05) is 0 Å². The third kappa shape index (κ3) is 4.49. The van der Waals surface area contributed by atoms with Crippen molar-refractivity contribution in [3.63, 3.8) is 0 Å². The van der Waals surface area contributed by atoms with E-state index in [9.17, 15) is 0 Å². The smallest absolute Gasteiger partial charge is 0.0629 e. The normalized spacial score (nSPS) is 12.4. The van der Waals surface area contributed by atoms with Crippen LogP contribution in [-0.4, -0.2) is 0 Å². The number of rotatable bonds is 4. The molecule has 0 rings (SSSR count). The van der Waals surface area contributed by atoms with Crippen LogP contribution >= 0.6 is 0 Å². The molecule has 0 N–H and O–H groups in total. The van der Waals surface area contributed by atoms with Gasteiger partial charge in [-0.25, -0.2) is 18.6 Å². The highest BCUT2D eigenvalue weighted by molar-refractivity contribution is 5.00. The Morgan fingerprint density at radius 3 is 2.30 bits per heavy atom. The maximum atomic E-state index is 2.27. The highest BCUT2D eigenvalue weighted by Gasteiger charge is 2.02. The van der Waals surface area contributed by atoms with Gasteiger partial charge < -0.3 is 0 Å². The zero-order valence-electron chi connectivity index (χ0n) is 7.65. The number of hydrogen-bond donors (Lipinski definition) is 0. The predicted molar refractivity (Wildman–Crippen MR) is 47.8 cm³/mol. The van der Waals surface area contributed by atoms with Gasteiger partial charge in [-0.05, 0) is 0 Å². The molecule has 0 saturated carbocycles. The first kappa shape index (κ1) is 9.61. The number of unbranched alkanes of at least 4 members (excludes halogenated alkanes) is 1. The summed E-state index contributed by atoms with van der Waals surface area (Å²) in [6.07, 6.45) is 8.98. The average Bonchev–Trinajstić information content (AvgIpc) is 1.89. The Hall–Kier alpha value is -0.390. The highest BCUT2D eigenvalue weighted by Crippen LogP contribution is 2.21. The van der Waals surface area contributed by atoms with E-state index in [0.717, 1.165) is 6.42 Å². The average molecular weight is 139 g/mol. The molecule has 0 aliphatic rings. The Morgan fingerprint density at radius 1 is 1.30 bits per heavy atom. The lowest BCUT2D eigenvalue weighted by atomic mass is 9.90. The number of allylic oxidation sites excluding steroid dienone is 2. The van der Waals surface area contributed by atoms with Crippen molar-refractivity contribution in [1.29, 1.82) is 0 Å². The van der Waals surface area contributed by atoms with Crippen LogP contribution < -0.4 is 0 Å². The van der Waals surface area contributed by atoms with Gasteiger partial charge in [0.25, 0.3) is 0 Å². The van der Waals surface area contributed by atoms with E-state index in [1.807, 2.05) is 0 Å². The summed E-state index contributed by atoms with van der Waals surface area (Å²) < 4.78 is 0. The summed E-state index contributed by atoms with van der Waals surface area (Å²) in [4.78, 5) is 0. The molecule has 0 aliphatic carbocycles. The van der Waals surface area contributed by atoms with Crippen molar-refractivity contribution in [1.82, 2.24) is 0 Å². The Balaban J connectivity index is 3.63. The molecule has 0 radical (unpaired) electrons. The van der Waals surface area contributed by atoms with E-state index in [2.05, 4.69) is 46.3 Å². The van der Waals surface area contributed by atoms with E-state index in [1.54, 1.807) is 0 Å². The Morgan fingerprint density at radius 2 is 1.90 bits per heavy atom. The zero-order valence-corrected chi connectivity index (χ0v) is 7.65. The van der Waals surface area contributed by atoms with E-state index in [1.165, 1.54) is 6.42 Å². The van der Waals surface area contributed by atoms with Gasteiger partial charge in [0, 0.05) is 0 Å². The van der Waals surface area contributed by atoms with E-state index in [0.29, 0.717) is 5.41 Å². The molecule has 0 bridgehead atoms. The molecule has 0 unspecified atom stereocenters. The third-order valence-electron chi connectivity index (χ3n) is 1.83. The minimum absolute atomic E-state index is 0.381. The minimum Gasteiger partial charge on any atom is -0.231 e. The molecule has 10 heavy (non-hydrogen) atoms. The van der Waals surface area contributed by atoms with Crippen LogP contribution in [0.4, 0.5) is 0 Å². The highest BCUT2D eigenvalue weighted by atomic mass is 14.1. The second kappa shape index (κ2) is 4.43. The fourth-order valence-electron chi connectivity index (χ4n) is 0.582. The molecule has 0 aromatic carbocycles. The van der Waals surface area contributed by atoms with Crippen molar-refractivity contribution >= 4 is 0 Å². The SMILES string of the molecule is CC[CH-]C=CC(C)(C)CC. The molecule has 0 heterocycles. The molecule has 0 fully saturated rings. The molecule has 0 aliphatic heterocycles. The fraction of sp³-hybridized carbons (Fsp3) is 0.700. The second-order valence-corrected chi connectivity index (χ2v) is 3.35. The number of hydrogen-bond acceptors (Lipinski definition) is 0. The van der Waals surface area contributed by atoms with E-state index in [4.69, 9.17) is 0 Å². The van der Waals surface area contributed by atoms with Gasteiger partial charge in [0.15, 0.2) is 0 Å². The topological polar surface area (TPSA) is 0 Å². The van der Waals surface area contributed by atoms with Crippen molar-refractivity contribution in [3.8, 4) is 0 Å². The summed E-state index contributed by atoms with van der Waals surface area (Å²) in [5.41, 5.74) is 0.381. The second-order valence-electron chi connectivity index (χ2n) is 3.35. The summed E-state index contributed by atoms with van der Waals surface area (Å²) in [5, 5.41) is 0. The van der Waals surface area contributed by atoms with Crippen LogP contribution in [0.25, 0.3) is 0 Å². The molecule has 0 heteroatoms. The van der Waals surface area contributed by atoms with Gasteiger partial charge in [-0.3, -0.25) is 0 Å². The van der Waals surface area contributed by atoms with Crippen LogP contribution in [0.3, 0.4) is 0 Å². The quantitative estimate of drug-likeness (QED) is 0.522. The van der Waals surface area contributed by atoms with Crippen molar-refractivity contribution < 1.29 is 0 Å². The van der Waals surface area contributed by atoms with E-state index < -0.39 is 0 Å². The molecular weight excluding hydrogens is 120 g/mol. The van der Waals surface area contributed by atoms with Crippen molar-refractivity contribution in [2.45, 2.75) is 40.5 Å². The summed E-state index contributed by atoms with van der Waals surface area (Å²) in [6, 6.07) is 0. The van der Waals surface area contributed by atoms with Gasteiger partial charge >= 0.3 is 0 Å². The molecular formula is C10H19-. The first-order valence-electron chi connectivity index (χ1n) is 4.13. The van der Waals surface area contributed by atoms with Gasteiger partial charge in [-0.15, -0.1) is 6.42 Å². The first-order chi connectivity index (χ1) is 4.62. The Bertz CT molecular complexity index is 98.6. The van der Waals surface area contributed by atoms with Crippen LogP contribution in [0.15, 0.2) is 12.2 Å². The maximum Gasteiger partial charge on any atom is -0.0629 e. The van der Waals surface area contributed by atoms with E-state index in [-0.39, 0.29) is 0 Å². The summed E-state index contributed by atoms with van der Waals surface area (Å²) in [7, 11) is 0. The molecule has 0 aromatic heterocycles. The predicted octanol–water partition coefficient (Wildman–Crippen LogP) is 3.59. The largest absolute Gasteiger partial charge is 0.231 e. The third-order valence-corrected chi connectivity index (χ3v) is 1.83. The minimum atomic E-state index is 0.381. The van der Waals surface area contributed by atoms with Gasteiger partial charge in [0.05, 0.1) is 0 Å². The van der Waals surface area contributed by atoms with Crippen LogP contribution in [0, 0.1) is 11.8 Å². The van der Waals surface area contributed by atoms with Crippen molar-refractivity contribution in [2.24, 2.45) is 5.41 Å². The molecule has 0 saturated heterocycles. The van der Waals surface area contributed by atoms with Gasteiger partial charge in [-0.2, -0.15) is 0 Å². The standard InChI is InChI=1S/C10H19/c1-5-7-8-9-10(3,4)6-2/h7-9H,5-6H2,1-4H3/q-1. The lowest BCUT2D eigenvalue weighted by molar-refractivity contribution is 0.462. The Labute approximate surface area is 65.3 Å². The molecule has 0 nitrogen and oxygen atoms in total. The summed E-state index contributed by atoms with van der Waals surface area (Å²) in [5.74, 6) is 0. The maximum absolute atomic E-state index is 2.27. The monoisotopic (exact) mass is 139 g/mol. The van der Waals surface area contributed by atoms with Crippen LogP contribution in [0.5, 0.6) is 0 Å². The molecule has 0 atom stereocenters. The van der Waals surface area contributed by atoms with Gasteiger partial charge in [0.2, 0.25) is 0 Å². The zero-order chi connectivity index (χ0) is 8.04. The van der Waals surface area contributed by atoms with Crippen molar-refractivity contribution in [3.05, 3.63) is 18.6 Å². The lowest BCUT2D eigenvalue weighted by Gasteiger charge is -2.22. The molecule has 0 amide bonds. The van der Waals surface area contributed by atoms with Crippen LogP contribution in [0.2, 0.25) is 0 Å². The fourth-order valence-corrected chi connectivity index (χ4v) is 0.582. The van der Waals surface area contributed by atoms with Crippen LogP contribution in [0.1, 0.15) is 40.5 Å². The van der Waals surface area contributed by atoms with Gasteiger partial charge in [-0.1, -0.05) is 39.5 Å². The van der Waals surface area contributed by atoms with Gasteiger partial charge in [0.1, 0.15) is 0 Å². The summed E-state index contributed by atoms with van der Waals surface area (Å²) in [6.45, 7) is 8.89. The molecule has 0 aromatic rings.